The predicted octanol–water partition coefficient (Wildman–Crippen LogP) is 2.15. The molecule has 0 radical (unpaired) electrons. The first-order chi connectivity index (χ1) is 9.07. The number of aryl methyl sites for hydroxylation is 1. The molecular formula is C14H23N3O2. The summed E-state index contributed by atoms with van der Waals surface area (Å²) < 4.78 is 5.16. The Morgan fingerprint density at radius 1 is 1.53 bits per heavy atom. The van der Waals surface area contributed by atoms with Crippen molar-refractivity contribution in [1.29, 1.82) is 0 Å². The van der Waals surface area contributed by atoms with Gasteiger partial charge < -0.3 is 15.2 Å². The highest BCUT2D eigenvalue weighted by atomic mass is 16.5. The first kappa shape index (κ1) is 14.1. The number of anilines is 1. The molecule has 5 nitrogen and oxygen atoms in total. The summed E-state index contributed by atoms with van der Waals surface area (Å²) >= 11 is 0. The van der Waals surface area contributed by atoms with Gasteiger partial charge in [0, 0.05) is 6.07 Å². The van der Waals surface area contributed by atoms with Gasteiger partial charge in [0.2, 0.25) is 5.88 Å². The largest absolute Gasteiger partial charge is 0.481 e. The molecule has 1 aliphatic carbocycles. The molecule has 1 fully saturated rings. The summed E-state index contributed by atoms with van der Waals surface area (Å²) in [4.78, 5) is 8.55. The fraction of sp³-hybridized carbons (Fsp3) is 0.714. The van der Waals surface area contributed by atoms with Gasteiger partial charge in [-0.25, -0.2) is 4.98 Å². The molecule has 0 saturated heterocycles. The van der Waals surface area contributed by atoms with Gasteiger partial charge >= 0.3 is 0 Å². The molecule has 1 aromatic heterocycles. The third kappa shape index (κ3) is 3.35. The fourth-order valence-electron chi connectivity index (χ4n) is 2.94. The summed E-state index contributed by atoms with van der Waals surface area (Å²) in [6.07, 6.45) is 4.31. The molecule has 2 N–H and O–H groups in total. The van der Waals surface area contributed by atoms with Gasteiger partial charge in [0.05, 0.1) is 19.3 Å². The normalized spacial score (nSPS) is 27.1. The standard InChI is InChI=1S/C14H23N3O2/c1-10-5-4-6-14(8-10,9-18)17-12-7-13(19-3)16-11(2)15-12/h7,10,18H,4-6,8-9H2,1-3H3,(H,15,16,17). The van der Waals surface area contributed by atoms with E-state index in [9.17, 15) is 5.11 Å². The Kier molecular flexibility index (Phi) is 4.24. The highest BCUT2D eigenvalue weighted by Gasteiger charge is 2.34. The number of rotatable bonds is 4. The van der Waals surface area contributed by atoms with Crippen LogP contribution in [-0.4, -0.2) is 34.3 Å². The monoisotopic (exact) mass is 265 g/mol. The zero-order valence-corrected chi connectivity index (χ0v) is 11.9. The van der Waals surface area contributed by atoms with Crippen LogP contribution in [0, 0.1) is 12.8 Å². The molecule has 0 aromatic carbocycles. The molecule has 0 amide bonds. The number of nitrogens with one attached hydrogen (secondary N) is 1. The number of methoxy groups -OCH3 is 1. The molecule has 1 heterocycles. The smallest absolute Gasteiger partial charge is 0.218 e. The van der Waals surface area contributed by atoms with E-state index in [0.717, 1.165) is 25.1 Å². The molecule has 0 aliphatic heterocycles. The van der Waals surface area contributed by atoms with Crippen molar-refractivity contribution in [1.82, 2.24) is 9.97 Å². The van der Waals surface area contributed by atoms with Gasteiger partial charge in [-0.15, -0.1) is 0 Å². The third-order valence-corrected chi connectivity index (χ3v) is 3.81. The van der Waals surface area contributed by atoms with Crippen molar-refractivity contribution in [3.05, 3.63) is 11.9 Å². The van der Waals surface area contributed by atoms with Gasteiger partial charge in [-0.3, -0.25) is 0 Å². The molecule has 1 saturated carbocycles. The second kappa shape index (κ2) is 5.74. The van der Waals surface area contributed by atoms with Crippen LogP contribution in [0.4, 0.5) is 5.82 Å². The van der Waals surface area contributed by atoms with Gasteiger partial charge in [-0.05, 0) is 25.7 Å². The summed E-state index contributed by atoms with van der Waals surface area (Å²) in [5.74, 6) is 2.57. The van der Waals surface area contributed by atoms with Crippen LogP contribution in [0.1, 0.15) is 38.4 Å². The molecule has 2 unspecified atom stereocenters. The van der Waals surface area contributed by atoms with E-state index in [-0.39, 0.29) is 12.1 Å². The highest BCUT2D eigenvalue weighted by Crippen LogP contribution is 2.34. The molecule has 106 valence electrons. The molecular weight excluding hydrogens is 242 g/mol. The van der Waals surface area contributed by atoms with Crippen LogP contribution in [0.5, 0.6) is 5.88 Å². The van der Waals surface area contributed by atoms with Crippen molar-refractivity contribution in [2.24, 2.45) is 5.92 Å². The first-order valence-electron chi connectivity index (χ1n) is 6.85. The number of hydrogen-bond acceptors (Lipinski definition) is 5. The van der Waals surface area contributed by atoms with Crippen molar-refractivity contribution in [3.8, 4) is 5.88 Å². The first-order valence-corrected chi connectivity index (χ1v) is 6.85. The van der Waals surface area contributed by atoms with Crippen molar-refractivity contribution >= 4 is 5.82 Å². The van der Waals surface area contributed by atoms with E-state index >= 15 is 0 Å². The zero-order valence-electron chi connectivity index (χ0n) is 11.9. The van der Waals surface area contributed by atoms with Crippen LogP contribution in [0.15, 0.2) is 6.07 Å². The minimum absolute atomic E-state index is 0.128. The van der Waals surface area contributed by atoms with Crippen molar-refractivity contribution in [2.75, 3.05) is 19.0 Å². The Labute approximate surface area is 114 Å². The van der Waals surface area contributed by atoms with Crippen molar-refractivity contribution in [2.45, 2.75) is 45.1 Å². The Hall–Kier alpha value is -1.36. The topological polar surface area (TPSA) is 67.3 Å². The molecule has 2 rings (SSSR count). The lowest BCUT2D eigenvalue weighted by molar-refractivity contribution is 0.149. The van der Waals surface area contributed by atoms with Gasteiger partial charge in [0.25, 0.3) is 0 Å². The number of hydrogen-bond donors (Lipinski definition) is 2. The van der Waals surface area contributed by atoms with Crippen molar-refractivity contribution < 1.29 is 9.84 Å². The maximum atomic E-state index is 9.78. The third-order valence-electron chi connectivity index (χ3n) is 3.81. The zero-order chi connectivity index (χ0) is 13.9. The maximum Gasteiger partial charge on any atom is 0.218 e. The summed E-state index contributed by atoms with van der Waals surface area (Å²) in [5.41, 5.74) is -0.260. The van der Waals surface area contributed by atoms with Gasteiger partial charge in [0.15, 0.2) is 0 Å². The van der Waals surface area contributed by atoms with E-state index in [1.165, 1.54) is 6.42 Å². The lowest BCUT2D eigenvalue weighted by Gasteiger charge is -2.39. The van der Waals surface area contributed by atoms with E-state index in [1.807, 2.05) is 6.92 Å². The minimum Gasteiger partial charge on any atom is -0.481 e. The van der Waals surface area contributed by atoms with Gasteiger partial charge in [-0.1, -0.05) is 19.8 Å². The average molecular weight is 265 g/mol. The lowest BCUT2D eigenvalue weighted by atomic mass is 9.77. The second-order valence-corrected chi connectivity index (χ2v) is 5.61. The number of aromatic nitrogens is 2. The quantitative estimate of drug-likeness (QED) is 0.873. The Morgan fingerprint density at radius 2 is 2.32 bits per heavy atom. The van der Waals surface area contributed by atoms with E-state index in [0.29, 0.717) is 17.6 Å². The summed E-state index contributed by atoms with van der Waals surface area (Å²) in [6.45, 7) is 4.20. The Bertz CT molecular complexity index is 439. The van der Waals surface area contributed by atoms with Crippen LogP contribution in [0.3, 0.4) is 0 Å². The average Bonchev–Trinajstić information content (AvgIpc) is 2.38. The number of aliphatic hydroxyl groups is 1. The SMILES string of the molecule is COc1cc(NC2(CO)CCCC(C)C2)nc(C)n1. The summed E-state index contributed by atoms with van der Waals surface area (Å²) in [6, 6.07) is 1.78. The molecule has 0 spiro atoms. The van der Waals surface area contributed by atoms with Gasteiger partial charge in [-0.2, -0.15) is 4.98 Å². The molecule has 19 heavy (non-hydrogen) atoms. The van der Waals surface area contributed by atoms with Crippen LogP contribution in [0.25, 0.3) is 0 Å². The lowest BCUT2D eigenvalue weighted by Crippen LogP contribution is -2.46. The number of aliphatic hydroxyl groups excluding tert-OH is 1. The van der Waals surface area contributed by atoms with Crippen LogP contribution in [-0.2, 0) is 0 Å². The van der Waals surface area contributed by atoms with Crippen LogP contribution >= 0.6 is 0 Å². The van der Waals surface area contributed by atoms with Crippen LogP contribution in [0.2, 0.25) is 0 Å². The highest BCUT2D eigenvalue weighted by molar-refractivity contribution is 5.41. The Morgan fingerprint density at radius 3 is 2.95 bits per heavy atom. The van der Waals surface area contributed by atoms with E-state index in [2.05, 4.69) is 22.2 Å². The number of ether oxygens (including phenoxy) is 1. The molecule has 1 aromatic rings. The number of nitrogens with zero attached hydrogens (tertiary/aromatic N) is 2. The Balaban J connectivity index is 2.20. The summed E-state index contributed by atoms with van der Waals surface area (Å²) in [5, 5.41) is 13.2. The van der Waals surface area contributed by atoms with E-state index < -0.39 is 0 Å². The minimum atomic E-state index is -0.260. The van der Waals surface area contributed by atoms with E-state index in [4.69, 9.17) is 4.74 Å². The van der Waals surface area contributed by atoms with Crippen LogP contribution < -0.4 is 10.1 Å². The second-order valence-electron chi connectivity index (χ2n) is 5.61. The molecule has 5 heteroatoms. The van der Waals surface area contributed by atoms with Crippen molar-refractivity contribution in [3.63, 3.8) is 0 Å². The molecule has 0 bridgehead atoms. The molecule has 2 atom stereocenters. The van der Waals surface area contributed by atoms with E-state index in [1.54, 1.807) is 13.2 Å². The fourth-order valence-corrected chi connectivity index (χ4v) is 2.94. The molecule has 1 aliphatic rings. The maximum absolute atomic E-state index is 9.78. The predicted molar refractivity (Wildman–Crippen MR) is 74.4 cm³/mol. The summed E-state index contributed by atoms with van der Waals surface area (Å²) in [7, 11) is 1.59. The van der Waals surface area contributed by atoms with Gasteiger partial charge in [0.1, 0.15) is 11.6 Å².